The monoisotopic (exact) mass is 453 g/mol. The van der Waals surface area contributed by atoms with Gasteiger partial charge >= 0.3 is 6.03 Å². The van der Waals surface area contributed by atoms with E-state index in [4.69, 9.17) is 0 Å². The van der Waals surface area contributed by atoms with Crippen LogP contribution in [0, 0.1) is 0 Å². The Hall–Kier alpha value is -2.93. The molecule has 2 aliphatic heterocycles. The Balaban J connectivity index is 1.59. The largest absolute Gasteiger partial charge is 0.372 e. The molecule has 2 aliphatic rings. The van der Waals surface area contributed by atoms with Gasteiger partial charge in [0.2, 0.25) is 0 Å². The summed E-state index contributed by atoms with van der Waals surface area (Å²) in [5.41, 5.74) is 2.19. The first-order chi connectivity index (χ1) is 14.0. The van der Waals surface area contributed by atoms with Gasteiger partial charge in [-0.3, -0.25) is 14.9 Å². The molecule has 0 unspecified atom stereocenters. The van der Waals surface area contributed by atoms with Crippen molar-refractivity contribution in [1.29, 1.82) is 0 Å². The van der Waals surface area contributed by atoms with E-state index in [0.717, 1.165) is 33.7 Å². The lowest BCUT2D eigenvalue weighted by Crippen LogP contribution is -2.54. The van der Waals surface area contributed by atoms with Crippen LogP contribution < -0.4 is 15.1 Å². The first kappa shape index (κ1) is 19.4. The maximum Gasteiger partial charge on any atom is 0.335 e. The predicted molar refractivity (Wildman–Crippen MR) is 116 cm³/mol. The number of urea groups is 1. The number of rotatable bonds is 3. The summed E-state index contributed by atoms with van der Waals surface area (Å²) in [6.07, 6.45) is 5.18. The third-order valence-electron chi connectivity index (χ3n) is 5.11. The molecule has 0 aliphatic carbocycles. The molecule has 0 saturated carbocycles. The molecule has 2 aromatic carbocycles. The summed E-state index contributed by atoms with van der Waals surface area (Å²) in [7, 11) is 0. The zero-order valence-electron chi connectivity index (χ0n) is 15.7. The van der Waals surface area contributed by atoms with Crippen molar-refractivity contribution < 1.29 is 14.4 Å². The van der Waals surface area contributed by atoms with Crippen molar-refractivity contribution >= 4 is 51.2 Å². The van der Waals surface area contributed by atoms with E-state index in [1.54, 1.807) is 24.3 Å². The van der Waals surface area contributed by atoms with E-state index in [-0.39, 0.29) is 5.57 Å². The van der Waals surface area contributed by atoms with E-state index >= 15 is 0 Å². The molecule has 2 aromatic rings. The summed E-state index contributed by atoms with van der Waals surface area (Å²) in [4.78, 5) is 40.8. The molecule has 0 bridgehead atoms. The Morgan fingerprint density at radius 3 is 2.10 bits per heavy atom. The van der Waals surface area contributed by atoms with Crippen LogP contribution in [0.1, 0.15) is 24.8 Å². The van der Waals surface area contributed by atoms with Crippen LogP contribution in [0.25, 0.3) is 6.08 Å². The Morgan fingerprint density at radius 1 is 0.828 bits per heavy atom. The first-order valence-corrected chi connectivity index (χ1v) is 10.3. The summed E-state index contributed by atoms with van der Waals surface area (Å²) in [6.45, 7) is 2.09. The van der Waals surface area contributed by atoms with Gasteiger partial charge in [-0.25, -0.2) is 9.69 Å². The van der Waals surface area contributed by atoms with Crippen LogP contribution in [-0.4, -0.2) is 30.9 Å². The number of halogens is 1. The lowest BCUT2D eigenvalue weighted by atomic mass is 10.1. The predicted octanol–water partition coefficient (Wildman–Crippen LogP) is 4.11. The topological polar surface area (TPSA) is 69.7 Å². The van der Waals surface area contributed by atoms with Crippen molar-refractivity contribution in [3.8, 4) is 0 Å². The molecule has 29 heavy (non-hydrogen) atoms. The van der Waals surface area contributed by atoms with Gasteiger partial charge in [0.25, 0.3) is 11.8 Å². The molecule has 7 heteroatoms. The van der Waals surface area contributed by atoms with Gasteiger partial charge in [-0.2, -0.15) is 0 Å². The Kier molecular flexibility index (Phi) is 5.49. The number of nitrogens with one attached hydrogen (secondary N) is 1. The SMILES string of the molecule is O=C1NC(=O)N(c2ccc(Br)cc2)C(=O)/C1=C\c1ccc(N2CCCCC2)cc1. The Morgan fingerprint density at radius 2 is 1.45 bits per heavy atom. The average Bonchev–Trinajstić information content (AvgIpc) is 2.73. The maximum atomic E-state index is 12.9. The van der Waals surface area contributed by atoms with Crippen molar-refractivity contribution in [2.45, 2.75) is 19.3 Å². The molecule has 0 spiro atoms. The standard InChI is InChI=1S/C22H20BrN3O3/c23-16-6-10-18(11-7-16)26-21(28)19(20(27)24-22(26)29)14-15-4-8-17(9-5-15)25-12-2-1-3-13-25/h4-11,14H,1-3,12-13H2,(H,24,27,29)/b19-14-. The third kappa shape index (κ3) is 4.10. The minimum Gasteiger partial charge on any atom is -0.372 e. The van der Waals surface area contributed by atoms with Crippen LogP contribution in [0.4, 0.5) is 16.2 Å². The fraction of sp³-hybridized carbons (Fsp3) is 0.227. The normalized spacial score (nSPS) is 18.9. The molecule has 2 fully saturated rings. The van der Waals surface area contributed by atoms with E-state index in [1.165, 1.54) is 25.3 Å². The van der Waals surface area contributed by atoms with Gasteiger partial charge in [0, 0.05) is 23.2 Å². The van der Waals surface area contributed by atoms with Gasteiger partial charge in [0.15, 0.2) is 0 Å². The number of carbonyl (C=O) groups is 3. The highest BCUT2D eigenvalue weighted by Gasteiger charge is 2.36. The molecule has 4 rings (SSSR count). The summed E-state index contributed by atoms with van der Waals surface area (Å²) < 4.78 is 0.826. The average molecular weight is 454 g/mol. The van der Waals surface area contributed by atoms with Gasteiger partial charge in [0.1, 0.15) is 5.57 Å². The van der Waals surface area contributed by atoms with E-state index in [0.29, 0.717) is 5.69 Å². The number of piperidine rings is 1. The van der Waals surface area contributed by atoms with Gasteiger partial charge < -0.3 is 4.90 Å². The number of carbonyl (C=O) groups excluding carboxylic acids is 3. The van der Waals surface area contributed by atoms with E-state index in [1.807, 2.05) is 24.3 Å². The van der Waals surface area contributed by atoms with Crippen LogP contribution in [0.15, 0.2) is 58.6 Å². The molecule has 4 amide bonds. The summed E-state index contributed by atoms with van der Waals surface area (Å²) >= 11 is 3.33. The van der Waals surface area contributed by atoms with Crippen molar-refractivity contribution in [3.63, 3.8) is 0 Å². The third-order valence-corrected chi connectivity index (χ3v) is 5.64. The molecule has 6 nitrogen and oxygen atoms in total. The second-order valence-electron chi connectivity index (χ2n) is 7.07. The van der Waals surface area contributed by atoms with Gasteiger partial charge in [-0.15, -0.1) is 0 Å². The molecule has 2 heterocycles. The van der Waals surface area contributed by atoms with Crippen molar-refractivity contribution in [3.05, 3.63) is 64.1 Å². The molecular formula is C22H20BrN3O3. The number of imide groups is 2. The van der Waals surface area contributed by atoms with Crippen LogP contribution >= 0.6 is 15.9 Å². The lowest BCUT2D eigenvalue weighted by Gasteiger charge is -2.29. The number of nitrogens with zero attached hydrogens (tertiary/aromatic N) is 2. The fourth-order valence-corrected chi connectivity index (χ4v) is 3.85. The van der Waals surface area contributed by atoms with Gasteiger partial charge in [-0.1, -0.05) is 28.1 Å². The van der Waals surface area contributed by atoms with Crippen molar-refractivity contribution in [2.24, 2.45) is 0 Å². The van der Waals surface area contributed by atoms with Crippen LogP contribution in [0.2, 0.25) is 0 Å². The number of benzene rings is 2. The molecule has 0 radical (unpaired) electrons. The van der Waals surface area contributed by atoms with E-state index in [9.17, 15) is 14.4 Å². The van der Waals surface area contributed by atoms with E-state index in [2.05, 4.69) is 26.1 Å². The Bertz CT molecular complexity index is 977. The number of amides is 4. The lowest BCUT2D eigenvalue weighted by molar-refractivity contribution is -0.122. The minimum atomic E-state index is -0.750. The quantitative estimate of drug-likeness (QED) is 0.560. The highest BCUT2D eigenvalue weighted by atomic mass is 79.9. The van der Waals surface area contributed by atoms with Gasteiger partial charge in [0.05, 0.1) is 5.69 Å². The zero-order chi connectivity index (χ0) is 20.4. The van der Waals surface area contributed by atoms with Gasteiger partial charge in [-0.05, 0) is 67.3 Å². The Labute approximate surface area is 177 Å². The minimum absolute atomic E-state index is 0.0711. The van der Waals surface area contributed by atoms with Crippen molar-refractivity contribution in [1.82, 2.24) is 5.32 Å². The van der Waals surface area contributed by atoms with Crippen LogP contribution in [0.5, 0.6) is 0 Å². The fourth-order valence-electron chi connectivity index (χ4n) is 3.58. The molecule has 0 atom stereocenters. The second-order valence-corrected chi connectivity index (χ2v) is 7.99. The van der Waals surface area contributed by atoms with Crippen molar-refractivity contribution in [2.75, 3.05) is 22.9 Å². The van der Waals surface area contributed by atoms with E-state index < -0.39 is 17.8 Å². The first-order valence-electron chi connectivity index (χ1n) is 9.55. The summed E-state index contributed by atoms with van der Waals surface area (Å²) in [6, 6.07) is 13.8. The smallest absolute Gasteiger partial charge is 0.335 e. The molecule has 1 N–H and O–H groups in total. The zero-order valence-corrected chi connectivity index (χ0v) is 17.3. The highest BCUT2D eigenvalue weighted by molar-refractivity contribution is 9.10. The number of hydrogen-bond acceptors (Lipinski definition) is 4. The second kappa shape index (κ2) is 8.21. The maximum absolute atomic E-state index is 12.9. The number of anilines is 2. The summed E-state index contributed by atoms with van der Waals surface area (Å²) in [5, 5.41) is 2.25. The molecule has 148 valence electrons. The molecule has 0 aromatic heterocycles. The molecule has 2 saturated heterocycles. The van der Waals surface area contributed by atoms with Crippen LogP contribution in [-0.2, 0) is 9.59 Å². The van der Waals surface area contributed by atoms with Crippen LogP contribution in [0.3, 0.4) is 0 Å². The highest BCUT2D eigenvalue weighted by Crippen LogP contribution is 2.25. The number of barbiturate groups is 1. The summed E-state index contributed by atoms with van der Waals surface area (Å²) in [5.74, 6) is -1.32. The molecular weight excluding hydrogens is 434 g/mol. The number of hydrogen-bond donors (Lipinski definition) is 1.